The normalized spacial score (nSPS) is 20.2. The van der Waals surface area contributed by atoms with Gasteiger partial charge in [-0.2, -0.15) is 31.6 Å². The minimum Gasteiger partial charge on any atom is -0.493 e. The predicted molar refractivity (Wildman–Crippen MR) is 197 cm³/mol. The third-order valence-electron chi connectivity index (χ3n) is 10.5. The minimum atomic E-state index is -4.90. The van der Waals surface area contributed by atoms with E-state index in [1.807, 2.05) is 0 Å². The zero-order valence-corrected chi connectivity index (χ0v) is 33.2. The van der Waals surface area contributed by atoms with Crippen LogP contribution < -0.4 is 9.47 Å². The van der Waals surface area contributed by atoms with E-state index in [-0.39, 0.29) is 70.3 Å². The Hall–Kier alpha value is -4.17. The van der Waals surface area contributed by atoms with Crippen LogP contribution in [-0.4, -0.2) is 84.9 Å². The second-order valence-electron chi connectivity index (χ2n) is 13.8. The van der Waals surface area contributed by atoms with Gasteiger partial charge < -0.3 is 28.3 Å². The predicted octanol–water partition coefficient (Wildman–Crippen LogP) is 8.74. The van der Waals surface area contributed by atoms with Gasteiger partial charge in [-0.25, -0.2) is 0 Å². The van der Waals surface area contributed by atoms with Gasteiger partial charge in [0, 0.05) is 69.7 Å². The molecule has 11 nitrogen and oxygen atoms in total. The molecule has 0 saturated carbocycles. The van der Waals surface area contributed by atoms with Crippen molar-refractivity contribution in [2.75, 3.05) is 46.6 Å². The molecule has 2 aliphatic rings. The molecule has 19 heteroatoms. The molecule has 2 fully saturated rings. The molecule has 57 heavy (non-hydrogen) atoms. The molecule has 2 aliphatic heterocycles. The van der Waals surface area contributed by atoms with Crippen LogP contribution in [0.1, 0.15) is 78.2 Å². The SMILES string of the molecule is CCCC1N(C(=O)c2cnccc2C(F)(F)F)CCCC1(Oc1csc(C(F)(F)F)c1)C(=O)N1CCC(C#N)(c2ccccc2OCCCP(=O)(OC)OC)CC1. The summed E-state index contributed by atoms with van der Waals surface area (Å²) in [4.78, 5) is 34.5. The molecule has 2 aromatic heterocycles. The number of nitrogens with zero attached hydrogens (tertiary/aromatic N) is 4. The van der Waals surface area contributed by atoms with Crippen LogP contribution in [0.3, 0.4) is 0 Å². The van der Waals surface area contributed by atoms with Crippen molar-refractivity contribution in [2.24, 2.45) is 0 Å². The average molecular weight is 845 g/mol. The van der Waals surface area contributed by atoms with E-state index >= 15 is 4.79 Å². The number of hydrogen-bond acceptors (Lipinski definition) is 10. The number of thiophene rings is 1. The van der Waals surface area contributed by atoms with Crippen LogP contribution >= 0.6 is 18.9 Å². The molecule has 1 aromatic carbocycles. The highest BCUT2D eigenvalue weighted by Gasteiger charge is 2.57. The van der Waals surface area contributed by atoms with Gasteiger partial charge in [0.15, 0.2) is 0 Å². The number of halogens is 6. The Bertz CT molecular complexity index is 1970. The van der Waals surface area contributed by atoms with Crippen LogP contribution in [-0.2, 0) is 36.2 Å². The van der Waals surface area contributed by atoms with Gasteiger partial charge >= 0.3 is 19.9 Å². The lowest BCUT2D eigenvalue weighted by atomic mass is 9.72. The fourth-order valence-electron chi connectivity index (χ4n) is 7.59. The van der Waals surface area contributed by atoms with E-state index in [0.717, 1.165) is 28.7 Å². The smallest absolute Gasteiger partial charge is 0.425 e. The molecule has 2 saturated heterocycles. The van der Waals surface area contributed by atoms with Crippen LogP contribution in [0.5, 0.6) is 11.5 Å². The van der Waals surface area contributed by atoms with Crippen molar-refractivity contribution in [3.05, 3.63) is 75.7 Å². The van der Waals surface area contributed by atoms with Crippen molar-refractivity contribution in [2.45, 2.75) is 81.3 Å². The van der Waals surface area contributed by atoms with Crippen LogP contribution in [0.15, 0.2) is 54.2 Å². The lowest BCUT2D eigenvalue weighted by molar-refractivity contribution is -0.160. The molecule has 0 spiro atoms. The maximum atomic E-state index is 15.0. The number of amides is 2. The molecule has 5 rings (SSSR count). The molecule has 4 heterocycles. The number of nitriles is 1. The van der Waals surface area contributed by atoms with Crippen molar-refractivity contribution in [3.8, 4) is 17.6 Å². The van der Waals surface area contributed by atoms with Crippen LogP contribution in [0.2, 0.25) is 0 Å². The Balaban J connectivity index is 1.47. The first-order valence-corrected chi connectivity index (χ1v) is 20.9. The number of benzene rings is 1. The number of likely N-dealkylation sites (tertiary alicyclic amines) is 2. The van der Waals surface area contributed by atoms with E-state index < -0.39 is 64.8 Å². The molecule has 0 N–H and O–H groups in total. The minimum absolute atomic E-state index is 0.00174. The Labute approximate surface area is 330 Å². The topological polar surface area (TPSA) is 131 Å². The van der Waals surface area contributed by atoms with Gasteiger partial charge in [-0.1, -0.05) is 31.5 Å². The first-order chi connectivity index (χ1) is 27.0. The highest BCUT2D eigenvalue weighted by atomic mass is 32.1. The van der Waals surface area contributed by atoms with Crippen molar-refractivity contribution >= 4 is 30.7 Å². The van der Waals surface area contributed by atoms with E-state index in [4.69, 9.17) is 18.5 Å². The van der Waals surface area contributed by atoms with Crippen LogP contribution in [0.25, 0.3) is 0 Å². The number of ether oxygens (including phenoxy) is 2. The molecule has 0 radical (unpaired) electrons. The number of alkyl halides is 6. The second-order valence-corrected chi connectivity index (χ2v) is 17.2. The van der Waals surface area contributed by atoms with Gasteiger partial charge in [0.25, 0.3) is 11.8 Å². The van der Waals surface area contributed by atoms with E-state index in [2.05, 4.69) is 11.1 Å². The van der Waals surface area contributed by atoms with E-state index in [1.54, 1.807) is 31.2 Å². The fraction of sp³-hybridized carbons (Fsp3) is 0.526. The summed E-state index contributed by atoms with van der Waals surface area (Å²) in [6, 6.07) is 9.61. The highest BCUT2D eigenvalue weighted by molar-refractivity contribution is 7.53. The summed E-state index contributed by atoms with van der Waals surface area (Å²) in [6.07, 6.45) is -6.78. The van der Waals surface area contributed by atoms with Gasteiger partial charge in [0.05, 0.1) is 41.4 Å². The molecule has 2 atom stereocenters. The molecular weight excluding hydrogens is 801 g/mol. The summed E-state index contributed by atoms with van der Waals surface area (Å²) in [5.41, 5.74) is -4.50. The number of carbonyl (C=O) groups is 2. The largest absolute Gasteiger partial charge is 0.493 e. The third-order valence-corrected chi connectivity index (χ3v) is 13.4. The van der Waals surface area contributed by atoms with E-state index in [9.17, 15) is 41.0 Å². The Morgan fingerprint density at radius 2 is 1.74 bits per heavy atom. The summed E-state index contributed by atoms with van der Waals surface area (Å²) in [5.74, 6) is -1.55. The number of hydrogen-bond donors (Lipinski definition) is 0. The van der Waals surface area contributed by atoms with Crippen molar-refractivity contribution < 1.29 is 59.0 Å². The lowest BCUT2D eigenvalue weighted by Crippen LogP contribution is -2.68. The van der Waals surface area contributed by atoms with Gasteiger partial charge in [-0.15, -0.1) is 11.3 Å². The second kappa shape index (κ2) is 17.8. The van der Waals surface area contributed by atoms with Gasteiger partial charge in [-0.05, 0) is 44.2 Å². The van der Waals surface area contributed by atoms with Crippen molar-refractivity contribution in [1.82, 2.24) is 14.8 Å². The number of rotatable bonds is 14. The maximum Gasteiger partial charge on any atom is 0.425 e. The first-order valence-electron chi connectivity index (χ1n) is 18.3. The maximum absolute atomic E-state index is 15.0. The van der Waals surface area contributed by atoms with E-state index in [0.29, 0.717) is 41.6 Å². The Morgan fingerprint density at radius 1 is 1.04 bits per heavy atom. The number of piperidine rings is 2. The number of carbonyl (C=O) groups excluding carboxylic acids is 2. The van der Waals surface area contributed by atoms with Gasteiger partial charge in [-0.3, -0.25) is 19.1 Å². The zero-order valence-electron chi connectivity index (χ0n) is 31.5. The van der Waals surface area contributed by atoms with Crippen molar-refractivity contribution in [1.29, 1.82) is 5.26 Å². The third kappa shape index (κ3) is 9.43. The quantitative estimate of drug-likeness (QED) is 0.0888. The number of pyridine rings is 1. The molecule has 310 valence electrons. The summed E-state index contributed by atoms with van der Waals surface area (Å²) in [5, 5.41) is 11.7. The van der Waals surface area contributed by atoms with Gasteiger partial charge in [0.2, 0.25) is 5.60 Å². The molecule has 0 bridgehead atoms. The number of para-hydroxylation sites is 1. The summed E-state index contributed by atoms with van der Waals surface area (Å²) < 4.78 is 118. The fourth-order valence-corrected chi connectivity index (χ4v) is 9.30. The standard InChI is InChI=1S/C38H43F6N4O7PS/c1-4-9-31-36(55-26-22-32(57-24-26)38(42,43)44,13-7-17-48(31)33(49)27-23-46-16-12-28(27)37(39,40)41)34(50)47-18-14-35(25-45,15-19-47)29-10-5-6-11-30(29)54-20-8-21-56(51,52-2)53-3/h5-6,10-12,16,22-24,31H,4,7-9,13-15,17-21H2,1-3H3. The molecule has 2 amide bonds. The molecule has 0 aliphatic carbocycles. The molecule has 3 aromatic rings. The Kier molecular flexibility index (Phi) is 13.7. The molecule has 2 unspecified atom stereocenters. The average Bonchev–Trinajstić information content (AvgIpc) is 3.69. The zero-order chi connectivity index (χ0) is 41.6. The Morgan fingerprint density at radius 3 is 2.35 bits per heavy atom. The van der Waals surface area contributed by atoms with Crippen LogP contribution in [0, 0.1) is 11.3 Å². The first kappa shape index (κ1) is 43.9. The lowest BCUT2D eigenvalue weighted by Gasteiger charge is -2.51. The van der Waals surface area contributed by atoms with E-state index in [1.165, 1.54) is 19.1 Å². The van der Waals surface area contributed by atoms with Crippen LogP contribution in [0.4, 0.5) is 26.3 Å². The summed E-state index contributed by atoms with van der Waals surface area (Å²) in [7, 11) is -0.687. The monoisotopic (exact) mass is 844 g/mol. The number of aromatic nitrogens is 1. The molecular formula is C38H43F6N4O7PS. The van der Waals surface area contributed by atoms with Crippen molar-refractivity contribution in [3.63, 3.8) is 0 Å². The summed E-state index contributed by atoms with van der Waals surface area (Å²) in [6.45, 7) is 1.84. The summed E-state index contributed by atoms with van der Waals surface area (Å²) >= 11 is 0.363. The highest BCUT2D eigenvalue weighted by Crippen LogP contribution is 2.48. The van der Waals surface area contributed by atoms with Gasteiger partial charge in [0.1, 0.15) is 16.4 Å².